The van der Waals surface area contributed by atoms with E-state index in [1.54, 1.807) is 24.3 Å². The van der Waals surface area contributed by atoms with Crippen LogP contribution in [0.4, 0.5) is 0 Å². The van der Waals surface area contributed by atoms with Crippen molar-refractivity contribution in [1.82, 2.24) is 0 Å². The highest BCUT2D eigenvalue weighted by atomic mass is 16.1. The molecule has 1 aliphatic rings. The third-order valence-corrected chi connectivity index (χ3v) is 4.07. The third-order valence-electron chi connectivity index (χ3n) is 4.07. The molecule has 0 heterocycles. The molecule has 2 aromatic rings. The van der Waals surface area contributed by atoms with Gasteiger partial charge in [-0.2, -0.15) is 10.5 Å². The smallest absolute Gasteiger partial charge is 0.169 e. The Morgan fingerprint density at radius 2 is 1.43 bits per heavy atom. The number of ketones is 1. The van der Waals surface area contributed by atoms with Crippen molar-refractivity contribution < 1.29 is 4.79 Å². The zero-order chi connectivity index (χ0) is 14.9. The summed E-state index contributed by atoms with van der Waals surface area (Å²) < 4.78 is 0. The van der Waals surface area contributed by atoms with Crippen LogP contribution >= 0.6 is 0 Å². The van der Waals surface area contributed by atoms with Crippen LogP contribution in [0.5, 0.6) is 0 Å². The Morgan fingerprint density at radius 1 is 0.905 bits per heavy atom. The molecule has 3 heteroatoms. The van der Waals surface area contributed by atoms with Crippen LogP contribution in [0.1, 0.15) is 21.8 Å². The Bertz CT molecular complexity index is 739. The number of rotatable bonds is 3. The molecular formula is C18H12N2O. The first-order valence-corrected chi connectivity index (χ1v) is 6.71. The number of Topliss-reactive ketones (excluding diaryl/α,β-unsaturated/α-hetero) is 1. The highest BCUT2D eigenvalue weighted by Crippen LogP contribution is 2.65. The molecule has 2 atom stereocenters. The minimum atomic E-state index is -1.24. The van der Waals surface area contributed by atoms with Crippen molar-refractivity contribution in [2.24, 2.45) is 11.3 Å². The number of hydrogen-bond acceptors (Lipinski definition) is 3. The van der Waals surface area contributed by atoms with E-state index in [9.17, 15) is 15.3 Å². The molecule has 0 saturated heterocycles. The van der Waals surface area contributed by atoms with Crippen molar-refractivity contribution >= 4 is 5.78 Å². The lowest BCUT2D eigenvalue weighted by Gasteiger charge is -1.99. The van der Waals surface area contributed by atoms with Crippen LogP contribution < -0.4 is 0 Å². The predicted molar refractivity (Wildman–Crippen MR) is 77.1 cm³/mol. The summed E-state index contributed by atoms with van der Waals surface area (Å²) in [5.74, 6) is -1.06. The van der Waals surface area contributed by atoms with Gasteiger partial charge in [0.05, 0.1) is 18.1 Å². The second-order valence-corrected chi connectivity index (χ2v) is 5.19. The van der Waals surface area contributed by atoms with Gasteiger partial charge >= 0.3 is 0 Å². The van der Waals surface area contributed by atoms with Crippen LogP contribution in [0.25, 0.3) is 0 Å². The maximum absolute atomic E-state index is 12.6. The zero-order valence-corrected chi connectivity index (χ0v) is 11.2. The van der Waals surface area contributed by atoms with Gasteiger partial charge in [-0.3, -0.25) is 4.79 Å². The van der Waals surface area contributed by atoms with Crippen molar-refractivity contribution in [2.75, 3.05) is 0 Å². The molecule has 0 spiro atoms. The number of hydrogen-bond donors (Lipinski definition) is 0. The summed E-state index contributed by atoms with van der Waals surface area (Å²) in [6.07, 6.45) is 0. The molecule has 3 rings (SSSR count). The average molecular weight is 272 g/mol. The quantitative estimate of drug-likeness (QED) is 0.805. The molecule has 1 aliphatic carbocycles. The van der Waals surface area contributed by atoms with E-state index in [0.717, 1.165) is 5.56 Å². The van der Waals surface area contributed by atoms with Gasteiger partial charge in [0.2, 0.25) is 0 Å². The fourth-order valence-electron chi connectivity index (χ4n) is 2.95. The SMILES string of the molecule is N#CC1(C#N)[C@H](c2ccccc2)[C@@H]1C(=O)c1ccccc1. The van der Waals surface area contributed by atoms with E-state index in [2.05, 4.69) is 12.1 Å². The first-order chi connectivity index (χ1) is 10.2. The molecule has 3 nitrogen and oxygen atoms in total. The minimum Gasteiger partial charge on any atom is -0.294 e. The summed E-state index contributed by atoms with van der Waals surface area (Å²) >= 11 is 0. The lowest BCUT2D eigenvalue weighted by atomic mass is 10.0. The predicted octanol–water partition coefficient (Wildman–Crippen LogP) is 3.32. The molecular weight excluding hydrogens is 260 g/mol. The van der Waals surface area contributed by atoms with Gasteiger partial charge in [-0.1, -0.05) is 60.7 Å². The van der Waals surface area contributed by atoms with Gasteiger partial charge in [0.15, 0.2) is 11.2 Å². The lowest BCUT2D eigenvalue weighted by Crippen LogP contribution is -2.08. The van der Waals surface area contributed by atoms with E-state index in [4.69, 9.17) is 0 Å². The maximum atomic E-state index is 12.6. The van der Waals surface area contributed by atoms with Crippen LogP contribution in [0.3, 0.4) is 0 Å². The molecule has 0 aliphatic heterocycles. The first kappa shape index (κ1) is 13.1. The number of carbonyl (C=O) groups is 1. The summed E-state index contributed by atoms with van der Waals surface area (Å²) in [7, 11) is 0. The monoisotopic (exact) mass is 272 g/mol. The van der Waals surface area contributed by atoms with Crippen molar-refractivity contribution in [3.05, 3.63) is 71.8 Å². The van der Waals surface area contributed by atoms with Gasteiger partial charge in [-0.05, 0) is 5.56 Å². The van der Waals surface area contributed by atoms with Crippen LogP contribution in [0.2, 0.25) is 0 Å². The molecule has 1 saturated carbocycles. The van der Waals surface area contributed by atoms with Crippen molar-refractivity contribution in [2.45, 2.75) is 5.92 Å². The van der Waals surface area contributed by atoms with Gasteiger partial charge in [-0.15, -0.1) is 0 Å². The first-order valence-electron chi connectivity index (χ1n) is 6.71. The Morgan fingerprint density at radius 3 is 1.95 bits per heavy atom. The average Bonchev–Trinajstić information content (AvgIpc) is 3.25. The minimum absolute atomic E-state index is 0.132. The van der Waals surface area contributed by atoms with Crippen LogP contribution in [0.15, 0.2) is 60.7 Å². The second-order valence-electron chi connectivity index (χ2n) is 5.19. The summed E-state index contributed by atoms with van der Waals surface area (Å²) in [6, 6.07) is 22.3. The number of nitrogens with zero attached hydrogens (tertiary/aromatic N) is 2. The third kappa shape index (κ3) is 1.91. The van der Waals surface area contributed by atoms with Gasteiger partial charge in [-0.25, -0.2) is 0 Å². The van der Waals surface area contributed by atoms with E-state index in [1.807, 2.05) is 36.4 Å². The largest absolute Gasteiger partial charge is 0.294 e. The van der Waals surface area contributed by atoms with Gasteiger partial charge < -0.3 is 0 Å². The summed E-state index contributed by atoms with van der Waals surface area (Å²) in [4.78, 5) is 12.6. The molecule has 0 N–H and O–H groups in total. The van der Waals surface area contributed by atoms with E-state index < -0.39 is 11.3 Å². The van der Waals surface area contributed by atoms with Crippen LogP contribution in [-0.4, -0.2) is 5.78 Å². The zero-order valence-electron chi connectivity index (χ0n) is 11.2. The van der Waals surface area contributed by atoms with E-state index in [0.29, 0.717) is 5.56 Å². The van der Waals surface area contributed by atoms with Crippen molar-refractivity contribution in [3.8, 4) is 12.1 Å². The molecule has 100 valence electrons. The van der Waals surface area contributed by atoms with Crippen molar-refractivity contribution in [1.29, 1.82) is 10.5 Å². The van der Waals surface area contributed by atoms with Gasteiger partial charge in [0.25, 0.3) is 0 Å². The highest BCUT2D eigenvalue weighted by Gasteiger charge is 2.70. The van der Waals surface area contributed by atoms with Gasteiger partial charge in [0, 0.05) is 11.5 Å². The topological polar surface area (TPSA) is 64.7 Å². The molecule has 0 bridgehead atoms. The maximum Gasteiger partial charge on any atom is 0.169 e. The fourth-order valence-corrected chi connectivity index (χ4v) is 2.95. The van der Waals surface area contributed by atoms with Crippen LogP contribution in [-0.2, 0) is 0 Å². The molecule has 0 radical (unpaired) electrons. The molecule has 2 aromatic carbocycles. The van der Waals surface area contributed by atoms with Crippen LogP contribution in [0, 0.1) is 34.0 Å². The normalized spacial score (nSPS) is 21.8. The van der Waals surface area contributed by atoms with E-state index in [-0.39, 0.29) is 11.7 Å². The molecule has 0 aromatic heterocycles. The Labute approximate surface area is 123 Å². The standard InChI is InChI=1S/C18H12N2O/c19-11-18(12-20)15(13-7-3-1-4-8-13)16(18)17(21)14-9-5-2-6-10-14/h1-10,15-16H/t15-,16-/m1/s1. The number of nitriles is 2. The lowest BCUT2D eigenvalue weighted by molar-refractivity contribution is 0.0958. The van der Waals surface area contributed by atoms with Crippen molar-refractivity contribution in [3.63, 3.8) is 0 Å². The highest BCUT2D eigenvalue weighted by molar-refractivity contribution is 6.02. The van der Waals surface area contributed by atoms with E-state index >= 15 is 0 Å². The summed E-state index contributed by atoms with van der Waals surface area (Å²) in [5.41, 5.74) is 0.180. The number of carbonyl (C=O) groups excluding carboxylic acids is 1. The van der Waals surface area contributed by atoms with E-state index in [1.165, 1.54) is 0 Å². The van der Waals surface area contributed by atoms with Gasteiger partial charge in [0.1, 0.15) is 0 Å². The molecule has 21 heavy (non-hydrogen) atoms. The molecule has 1 fully saturated rings. The summed E-state index contributed by atoms with van der Waals surface area (Å²) in [5, 5.41) is 18.9. The Kier molecular flexibility index (Phi) is 3.05. The Hall–Kier alpha value is -2.91. The fraction of sp³-hybridized carbons (Fsp3) is 0.167. The molecule has 0 unspecified atom stereocenters. The molecule has 0 amide bonds. The number of benzene rings is 2. The second kappa shape index (κ2) is 4.89. The Balaban J connectivity index is 2.01. The summed E-state index contributed by atoms with van der Waals surface area (Å²) in [6.45, 7) is 0.